The van der Waals surface area contributed by atoms with Gasteiger partial charge in [0.1, 0.15) is 24.5 Å². The number of amides is 1. The minimum Gasteiger partial charge on any atom is -0.386 e. The Morgan fingerprint density at radius 2 is 1.93 bits per heavy atom. The molecule has 0 bridgehead atoms. The van der Waals surface area contributed by atoms with Crippen molar-refractivity contribution < 1.29 is 27.5 Å². The van der Waals surface area contributed by atoms with Crippen LogP contribution in [0.2, 0.25) is 0 Å². The maximum Gasteiger partial charge on any atom is 0.315 e. The minimum absolute atomic E-state index is 0.249. The molecule has 0 fully saturated rings. The van der Waals surface area contributed by atoms with E-state index in [1.54, 1.807) is 23.6 Å². The molecule has 0 aliphatic heterocycles. The number of carbonyl (C=O) groups excluding carboxylic acids is 1. The highest BCUT2D eigenvalue weighted by atomic mass is 32.1. The minimum atomic E-state index is -3.28. The summed E-state index contributed by atoms with van der Waals surface area (Å²) in [6, 6.07) is 4.94. The van der Waals surface area contributed by atoms with E-state index in [4.69, 9.17) is 0 Å². The lowest BCUT2D eigenvalue weighted by atomic mass is 10.0. The number of hydrogen-bond acceptors (Lipinski definition) is 5. The molecule has 1 aromatic carbocycles. The van der Waals surface area contributed by atoms with Crippen molar-refractivity contribution in [3.8, 4) is 10.4 Å². The van der Waals surface area contributed by atoms with Crippen molar-refractivity contribution in [3.05, 3.63) is 41.0 Å². The molecule has 0 aliphatic carbocycles. The van der Waals surface area contributed by atoms with E-state index in [2.05, 4.69) is 10.3 Å². The van der Waals surface area contributed by atoms with Crippen LogP contribution < -0.4 is 10.6 Å². The molecule has 27 heavy (non-hydrogen) atoms. The van der Waals surface area contributed by atoms with Gasteiger partial charge in [-0.2, -0.15) is 8.78 Å². The van der Waals surface area contributed by atoms with Gasteiger partial charge < -0.3 is 15.7 Å². The summed E-state index contributed by atoms with van der Waals surface area (Å²) < 4.78 is 49.7. The molecule has 1 amide bonds. The Kier molecular flexibility index (Phi) is 8.14. The van der Waals surface area contributed by atoms with E-state index < -0.39 is 37.8 Å². The quantitative estimate of drug-likeness (QED) is 0.420. The highest BCUT2D eigenvalue weighted by Crippen LogP contribution is 2.28. The first-order valence-corrected chi connectivity index (χ1v) is 8.92. The standard InChI is InChI=1S/C17H19F4N3O2S/c18-5-6-22-9-14-23-8-13(27-14)10-1-3-11(4-2-10)15(25)12(7-19)24-17(26)16(20)21/h1-4,8,12,15-16,22,25H,5-7,9H2,(H,24,26). The predicted molar refractivity (Wildman–Crippen MR) is 94.1 cm³/mol. The first-order chi connectivity index (χ1) is 13.0. The topological polar surface area (TPSA) is 74.2 Å². The second-order valence-electron chi connectivity index (χ2n) is 5.62. The van der Waals surface area contributed by atoms with E-state index in [0.29, 0.717) is 6.54 Å². The monoisotopic (exact) mass is 405 g/mol. The Bertz CT molecular complexity index is 727. The predicted octanol–water partition coefficient (Wildman–Crippen LogP) is 2.62. The summed E-state index contributed by atoms with van der Waals surface area (Å²) >= 11 is 1.41. The number of hydrogen-bond donors (Lipinski definition) is 3. The van der Waals surface area contributed by atoms with E-state index >= 15 is 0 Å². The van der Waals surface area contributed by atoms with Crippen LogP contribution >= 0.6 is 11.3 Å². The number of thiazole rings is 1. The lowest BCUT2D eigenvalue weighted by Gasteiger charge is -2.21. The summed E-state index contributed by atoms with van der Waals surface area (Å²) in [6.45, 7) is -0.947. The fraction of sp³-hybridized carbons (Fsp3) is 0.412. The van der Waals surface area contributed by atoms with Gasteiger partial charge in [0.25, 0.3) is 5.91 Å². The summed E-state index contributed by atoms with van der Waals surface area (Å²) in [5.41, 5.74) is 1.08. The van der Waals surface area contributed by atoms with E-state index in [9.17, 15) is 27.5 Å². The number of rotatable bonds is 10. The van der Waals surface area contributed by atoms with Gasteiger partial charge in [-0.05, 0) is 11.1 Å². The summed E-state index contributed by atoms with van der Waals surface area (Å²) in [5, 5.41) is 15.6. The highest BCUT2D eigenvalue weighted by molar-refractivity contribution is 7.15. The SMILES string of the molecule is O=C(NC(CF)C(O)c1ccc(-c2cnc(CNCCF)s2)cc1)C(F)F. The molecule has 148 valence electrons. The van der Waals surface area contributed by atoms with Crippen molar-refractivity contribution in [3.63, 3.8) is 0 Å². The van der Waals surface area contributed by atoms with Crippen molar-refractivity contribution in [2.45, 2.75) is 25.1 Å². The van der Waals surface area contributed by atoms with Crippen LogP contribution in [0.3, 0.4) is 0 Å². The molecule has 2 aromatic rings. The smallest absolute Gasteiger partial charge is 0.315 e. The van der Waals surface area contributed by atoms with Gasteiger partial charge in [0.15, 0.2) is 0 Å². The number of alkyl halides is 4. The zero-order valence-corrected chi connectivity index (χ0v) is 15.0. The van der Waals surface area contributed by atoms with Gasteiger partial charge in [0, 0.05) is 19.3 Å². The van der Waals surface area contributed by atoms with Gasteiger partial charge in [0.2, 0.25) is 0 Å². The fourth-order valence-electron chi connectivity index (χ4n) is 2.31. The average Bonchev–Trinajstić information content (AvgIpc) is 3.14. The molecular weight excluding hydrogens is 386 g/mol. The van der Waals surface area contributed by atoms with Gasteiger partial charge in [-0.15, -0.1) is 11.3 Å². The van der Waals surface area contributed by atoms with Crippen LogP contribution in [0.1, 0.15) is 16.7 Å². The normalized spacial score (nSPS) is 13.6. The molecule has 5 nitrogen and oxygen atoms in total. The third kappa shape index (κ3) is 5.98. The highest BCUT2D eigenvalue weighted by Gasteiger charge is 2.26. The molecule has 10 heteroatoms. The summed E-state index contributed by atoms with van der Waals surface area (Å²) in [4.78, 5) is 16.1. The number of halogens is 4. The maximum atomic E-state index is 13.0. The Morgan fingerprint density at radius 1 is 1.22 bits per heavy atom. The number of nitrogens with one attached hydrogen (secondary N) is 2. The molecule has 2 unspecified atom stereocenters. The van der Waals surface area contributed by atoms with Crippen molar-refractivity contribution in [1.29, 1.82) is 0 Å². The van der Waals surface area contributed by atoms with Gasteiger partial charge in [-0.1, -0.05) is 24.3 Å². The van der Waals surface area contributed by atoms with Crippen LogP contribution in [0, 0.1) is 0 Å². The van der Waals surface area contributed by atoms with Crippen molar-refractivity contribution in [1.82, 2.24) is 15.6 Å². The molecular formula is C17H19F4N3O2S. The molecule has 0 saturated heterocycles. The van der Waals surface area contributed by atoms with Crippen LogP contribution in [0.4, 0.5) is 17.6 Å². The summed E-state index contributed by atoms with van der Waals surface area (Å²) in [6.07, 6.45) is -3.09. The molecule has 3 N–H and O–H groups in total. The fourth-order valence-corrected chi connectivity index (χ4v) is 3.20. The molecule has 1 aromatic heterocycles. The Hall–Kier alpha value is -2.04. The van der Waals surface area contributed by atoms with E-state index in [1.807, 2.05) is 0 Å². The van der Waals surface area contributed by atoms with E-state index in [1.165, 1.54) is 23.5 Å². The maximum absolute atomic E-state index is 13.0. The molecule has 0 spiro atoms. The molecule has 0 aliphatic rings. The number of aromatic nitrogens is 1. The van der Waals surface area contributed by atoms with E-state index in [0.717, 1.165) is 15.4 Å². The Labute approximate surface area is 157 Å². The first-order valence-electron chi connectivity index (χ1n) is 8.10. The molecule has 2 rings (SSSR count). The van der Waals surface area contributed by atoms with Gasteiger partial charge in [-0.3, -0.25) is 4.79 Å². The molecule has 0 radical (unpaired) electrons. The third-order valence-corrected chi connectivity index (χ3v) is 4.76. The Morgan fingerprint density at radius 3 is 2.52 bits per heavy atom. The first kappa shape index (κ1) is 21.3. The van der Waals surface area contributed by atoms with Gasteiger partial charge in [0.05, 0.1) is 10.9 Å². The lowest BCUT2D eigenvalue weighted by Crippen LogP contribution is -2.43. The number of nitrogens with zero attached hydrogens (tertiary/aromatic N) is 1. The number of aliphatic hydroxyl groups excluding tert-OH is 1. The second-order valence-corrected chi connectivity index (χ2v) is 6.74. The number of carbonyl (C=O) groups is 1. The van der Waals surface area contributed by atoms with Crippen molar-refractivity contribution in [2.75, 3.05) is 19.9 Å². The van der Waals surface area contributed by atoms with Crippen molar-refractivity contribution in [2.24, 2.45) is 0 Å². The number of aliphatic hydroxyl groups is 1. The summed E-state index contributed by atoms with van der Waals surface area (Å²) in [7, 11) is 0. The third-order valence-electron chi connectivity index (χ3n) is 3.71. The number of benzene rings is 1. The van der Waals surface area contributed by atoms with Crippen LogP contribution in [0.25, 0.3) is 10.4 Å². The average molecular weight is 405 g/mol. The second kappa shape index (κ2) is 10.3. The van der Waals surface area contributed by atoms with Crippen LogP contribution in [-0.2, 0) is 11.3 Å². The van der Waals surface area contributed by atoms with Crippen LogP contribution in [-0.4, -0.2) is 48.4 Å². The molecule has 1 heterocycles. The molecule has 0 saturated carbocycles. The zero-order valence-electron chi connectivity index (χ0n) is 14.2. The van der Waals surface area contributed by atoms with Crippen molar-refractivity contribution >= 4 is 17.2 Å². The van der Waals surface area contributed by atoms with Crippen LogP contribution in [0.5, 0.6) is 0 Å². The van der Waals surface area contributed by atoms with Crippen LogP contribution in [0.15, 0.2) is 30.5 Å². The van der Waals surface area contributed by atoms with Gasteiger partial charge in [-0.25, -0.2) is 13.8 Å². The van der Waals surface area contributed by atoms with E-state index in [-0.39, 0.29) is 12.1 Å². The lowest BCUT2D eigenvalue weighted by molar-refractivity contribution is -0.133. The Balaban J connectivity index is 2.04. The summed E-state index contributed by atoms with van der Waals surface area (Å²) in [5.74, 6) is -1.63. The largest absolute Gasteiger partial charge is 0.386 e. The van der Waals surface area contributed by atoms with Gasteiger partial charge >= 0.3 is 6.43 Å². The molecule has 2 atom stereocenters. The zero-order chi connectivity index (χ0) is 19.8.